The van der Waals surface area contributed by atoms with E-state index in [1.165, 1.54) is 40.4 Å². The van der Waals surface area contributed by atoms with Crippen LogP contribution in [0.4, 0.5) is 15.3 Å². The van der Waals surface area contributed by atoms with Crippen molar-refractivity contribution in [2.45, 2.75) is 32.7 Å². The van der Waals surface area contributed by atoms with Crippen molar-refractivity contribution in [2.24, 2.45) is 5.92 Å². The zero-order valence-electron chi connectivity index (χ0n) is 17.1. The lowest BCUT2D eigenvalue weighted by Crippen LogP contribution is -2.21. The monoisotopic (exact) mass is 459 g/mol. The molecule has 0 spiro atoms. The van der Waals surface area contributed by atoms with Crippen molar-refractivity contribution in [1.82, 2.24) is 14.8 Å². The Morgan fingerprint density at radius 2 is 2.19 bits per heavy atom. The van der Waals surface area contributed by atoms with Crippen LogP contribution in [0.15, 0.2) is 30.6 Å². The third kappa shape index (κ3) is 4.75. The smallest absolute Gasteiger partial charge is 0.341 e. The van der Waals surface area contributed by atoms with E-state index in [0.717, 1.165) is 24.8 Å². The zero-order valence-corrected chi connectivity index (χ0v) is 18.8. The lowest BCUT2D eigenvalue weighted by molar-refractivity contribution is 0.0601. The van der Waals surface area contributed by atoms with Gasteiger partial charge in [0.25, 0.3) is 0 Å². The van der Waals surface area contributed by atoms with Gasteiger partial charge in [-0.05, 0) is 49.0 Å². The van der Waals surface area contributed by atoms with E-state index in [1.54, 1.807) is 18.2 Å². The predicted molar refractivity (Wildman–Crippen MR) is 122 cm³/mol. The van der Waals surface area contributed by atoms with Gasteiger partial charge in [-0.15, -0.1) is 16.4 Å². The second-order valence-corrected chi connectivity index (χ2v) is 9.00. The second-order valence-electron chi connectivity index (χ2n) is 7.48. The van der Waals surface area contributed by atoms with Crippen molar-refractivity contribution in [1.29, 1.82) is 0 Å². The van der Waals surface area contributed by atoms with Gasteiger partial charge in [0.05, 0.1) is 19.2 Å². The van der Waals surface area contributed by atoms with Crippen LogP contribution in [-0.4, -0.2) is 33.0 Å². The van der Waals surface area contributed by atoms with Crippen LogP contribution >= 0.6 is 23.6 Å². The third-order valence-electron chi connectivity index (χ3n) is 5.18. The summed E-state index contributed by atoms with van der Waals surface area (Å²) in [6.45, 7) is 2.47. The van der Waals surface area contributed by atoms with Crippen LogP contribution in [0.5, 0.6) is 0 Å². The molecule has 1 aliphatic carbocycles. The SMILES string of the molecule is COC(=O)c1c(NC(=S)Nc2ncn(Cc3ccccc3F)n2)sc2c1CCC(C)C2. The number of benzene rings is 1. The summed E-state index contributed by atoms with van der Waals surface area (Å²) in [6, 6.07) is 6.52. The van der Waals surface area contributed by atoms with Gasteiger partial charge in [-0.2, -0.15) is 0 Å². The summed E-state index contributed by atoms with van der Waals surface area (Å²) in [6.07, 6.45) is 4.33. The van der Waals surface area contributed by atoms with E-state index in [1.807, 2.05) is 0 Å². The molecule has 7 nitrogen and oxygen atoms in total. The van der Waals surface area contributed by atoms with Gasteiger partial charge in [0, 0.05) is 10.4 Å². The van der Waals surface area contributed by atoms with E-state index in [0.29, 0.717) is 22.0 Å². The van der Waals surface area contributed by atoms with Crippen molar-refractivity contribution >= 4 is 45.6 Å². The van der Waals surface area contributed by atoms with Crippen LogP contribution < -0.4 is 10.6 Å². The minimum absolute atomic E-state index is 0.254. The van der Waals surface area contributed by atoms with Gasteiger partial charge in [0.1, 0.15) is 17.1 Å². The van der Waals surface area contributed by atoms with Crippen molar-refractivity contribution in [3.05, 3.63) is 58.0 Å². The first-order valence-corrected chi connectivity index (χ1v) is 11.1. The number of halogens is 1. The van der Waals surface area contributed by atoms with Gasteiger partial charge in [0.2, 0.25) is 5.95 Å². The summed E-state index contributed by atoms with van der Waals surface area (Å²) in [5.41, 5.74) is 2.12. The largest absolute Gasteiger partial charge is 0.465 e. The number of esters is 1. The van der Waals surface area contributed by atoms with Crippen LogP contribution in [0.1, 0.15) is 39.7 Å². The number of nitrogens with one attached hydrogen (secondary N) is 2. The van der Waals surface area contributed by atoms with Crippen LogP contribution in [0.2, 0.25) is 0 Å². The molecule has 1 atom stereocenters. The zero-order chi connectivity index (χ0) is 22.0. The van der Waals surface area contributed by atoms with Gasteiger partial charge in [0.15, 0.2) is 5.11 Å². The van der Waals surface area contributed by atoms with Crippen molar-refractivity contribution in [2.75, 3.05) is 17.7 Å². The summed E-state index contributed by atoms with van der Waals surface area (Å²) < 4.78 is 20.4. The number of hydrogen-bond acceptors (Lipinski definition) is 6. The number of rotatable bonds is 5. The fourth-order valence-electron chi connectivity index (χ4n) is 3.62. The molecule has 2 heterocycles. The van der Waals surface area contributed by atoms with Crippen LogP contribution in [0.25, 0.3) is 0 Å². The van der Waals surface area contributed by atoms with E-state index >= 15 is 0 Å². The molecule has 0 amide bonds. The summed E-state index contributed by atoms with van der Waals surface area (Å²) >= 11 is 6.94. The first-order chi connectivity index (χ1) is 14.9. The molecule has 0 saturated heterocycles. The number of methoxy groups -OCH3 is 1. The lowest BCUT2D eigenvalue weighted by atomic mass is 9.88. The topological polar surface area (TPSA) is 81.1 Å². The number of nitrogens with zero attached hydrogens (tertiary/aromatic N) is 3. The Bertz CT molecular complexity index is 1130. The molecule has 2 N–H and O–H groups in total. The van der Waals surface area contributed by atoms with Crippen LogP contribution in [0.3, 0.4) is 0 Å². The first-order valence-electron chi connectivity index (χ1n) is 9.88. The molecule has 1 unspecified atom stereocenters. The number of hydrogen-bond donors (Lipinski definition) is 2. The molecule has 0 bridgehead atoms. The van der Waals surface area contributed by atoms with E-state index in [-0.39, 0.29) is 29.4 Å². The summed E-state index contributed by atoms with van der Waals surface area (Å²) in [4.78, 5) is 17.8. The van der Waals surface area contributed by atoms with Crippen molar-refractivity contribution < 1.29 is 13.9 Å². The highest BCUT2D eigenvalue weighted by Crippen LogP contribution is 2.40. The quantitative estimate of drug-likeness (QED) is 0.436. The molecule has 2 aromatic heterocycles. The number of carbonyl (C=O) groups is 1. The number of carbonyl (C=O) groups excluding carboxylic acids is 1. The minimum Gasteiger partial charge on any atom is -0.465 e. The Hall–Kier alpha value is -2.85. The molecule has 3 aromatic rings. The van der Waals surface area contributed by atoms with E-state index in [9.17, 15) is 9.18 Å². The second kappa shape index (κ2) is 9.11. The van der Waals surface area contributed by atoms with E-state index in [4.69, 9.17) is 17.0 Å². The predicted octanol–water partition coefficient (Wildman–Crippen LogP) is 4.25. The molecule has 31 heavy (non-hydrogen) atoms. The first kappa shape index (κ1) is 21.4. The van der Waals surface area contributed by atoms with Gasteiger partial charge in [-0.1, -0.05) is 25.1 Å². The maximum Gasteiger partial charge on any atom is 0.341 e. The summed E-state index contributed by atoms with van der Waals surface area (Å²) in [5, 5.41) is 11.2. The number of thiocarbonyl (C=S) groups is 1. The fraction of sp³-hybridized carbons (Fsp3) is 0.333. The van der Waals surface area contributed by atoms with Gasteiger partial charge in [-0.25, -0.2) is 18.9 Å². The highest BCUT2D eigenvalue weighted by Gasteiger charge is 2.28. The highest BCUT2D eigenvalue weighted by atomic mass is 32.1. The normalized spacial score (nSPS) is 15.3. The van der Waals surface area contributed by atoms with Gasteiger partial charge < -0.3 is 10.1 Å². The highest BCUT2D eigenvalue weighted by molar-refractivity contribution is 7.80. The van der Waals surface area contributed by atoms with Crippen molar-refractivity contribution in [3.63, 3.8) is 0 Å². The maximum atomic E-state index is 13.8. The molecule has 0 radical (unpaired) electrons. The molecule has 162 valence electrons. The third-order valence-corrected chi connectivity index (χ3v) is 6.55. The molecule has 0 fully saturated rings. The number of ether oxygens (including phenoxy) is 1. The van der Waals surface area contributed by atoms with Gasteiger partial charge >= 0.3 is 5.97 Å². The number of fused-ring (bicyclic) bond motifs is 1. The molecule has 4 rings (SSSR count). The van der Waals surface area contributed by atoms with E-state index < -0.39 is 0 Å². The number of aromatic nitrogens is 3. The Kier molecular flexibility index (Phi) is 6.28. The molecule has 10 heteroatoms. The summed E-state index contributed by atoms with van der Waals surface area (Å²) in [5.74, 6) is 0.196. The maximum absolute atomic E-state index is 13.8. The fourth-order valence-corrected chi connectivity index (χ4v) is 5.28. The van der Waals surface area contributed by atoms with Crippen LogP contribution in [-0.2, 0) is 24.1 Å². The number of thiophene rings is 1. The Morgan fingerprint density at radius 1 is 1.39 bits per heavy atom. The molecule has 1 aliphatic rings. The molecule has 1 aromatic carbocycles. The Morgan fingerprint density at radius 3 is 2.97 bits per heavy atom. The molecular formula is C21H22FN5O2S2. The minimum atomic E-state index is -0.371. The van der Waals surface area contributed by atoms with Crippen LogP contribution in [0, 0.1) is 11.7 Å². The van der Waals surface area contributed by atoms with Crippen molar-refractivity contribution in [3.8, 4) is 0 Å². The summed E-state index contributed by atoms with van der Waals surface area (Å²) in [7, 11) is 1.38. The Balaban J connectivity index is 1.47. The molecular weight excluding hydrogens is 437 g/mol. The average molecular weight is 460 g/mol. The lowest BCUT2D eigenvalue weighted by Gasteiger charge is -2.18. The molecule has 0 saturated carbocycles. The average Bonchev–Trinajstić information content (AvgIpc) is 3.32. The Labute approximate surface area is 188 Å². The van der Waals surface area contributed by atoms with Gasteiger partial charge in [-0.3, -0.25) is 5.32 Å². The van der Waals surface area contributed by atoms with E-state index in [2.05, 4.69) is 27.6 Å². The number of anilines is 2. The molecule has 0 aliphatic heterocycles. The standard InChI is InChI=1S/C21H22FN5O2S2/c1-12-7-8-14-16(9-12)31-18(17(14)19(28)29-2)24-21(30)25-20-23-11-27(26-20)10-13-5-3-4-6-15(13)22/h3-6,11-12H,7-10H2,1-2H3,(H2,24,25,26,30).